The number of fused-ring (bicyclic) bond motifs is 7. The first-order valence-electron chi connectivity index (χ1n) is 20.9. The number of aryl methyl sites for hydroxylation is 1. The molecule has 55 heavy (non-hydrogen) atoms. The molecular formula is C43H63N5O7. The second-order valence-electron chi connectivity index (χ2n) is 20.4. The summed E-state index contributed by atoms with van der Waals surface area (Å²) in [5, 5.41) is 42.3. The Balaban J connectivity index is 1.06. The van der Waals surface area contributed by atoms with Crippen LogP contribution in [0.2, 0.25) is 0 Å². The maximum absolute atomic E-state index is 13.1. The number of H-pyrrole nitrogens is 1. The van der Waals surface area contributed by atoms with Crippen molar-refractivity contribution in [2.75, 3.05) is 6.61 Å². The molecule has 6 fully saturated rings. The summed E-state index contributed by atoms with van der Waals surface area (Å²) in [6, 6.07) is -0.375. The van der Waals surface area contributed by atoms with Crippen LogP contribution in [0.15, 0.2) is 34.1 Å². The number of hydrogen-bond donors (Lipinski definition) is 4. The van der Waals surface area contributed by atoms with Crippen LogP contribution in [-0.2, 0) is 16.0 Å². The zero-order valence-electron chi connectivity index (χ0n) is 33.9. The van der Waals surface area contributed by atoms with Crippen molar-refractivity contribution in [3.63, 3.8) is 0 Å². The summed E-state index contributed by atoms with van der Waals surface area (Å²) < 4.78 is 9.20. The van der Waals surface area contributed by atoms with Crippen molar-refractivity contribution < 1.29 is 24.9 Å². The molecule has 14 atom stereocenters. The Labute approximate surface area is 324 Å². The average molecular weight is 762 g/mol. The molecule has 2 aromatic rings. The van der Waals surface area contributed by atoms with Crippen molar-refractivity contribution in [2.45, 2.75) is 144 Å². The van der Waals surface area contributed by atoms with Crippen LogP contribution in [0.5, 0.6) is 0 Å². The number of aromatic nitrogens is 5. The third kappa shape index (κ3) is 5.42. The Morgan fingerprint density at radius 1 is 1.02 bits per heavy atom. The van der Waals surface area contributed by atoms with Crippen LogP contribution in [0.25, 0.3) is 0 Å². The number of aliphatic carboxylic acids is 1. The van der Waals surface area contributed by atoms with Crippen molar-refractivity contribution in [1.29, 1.82) is 0 Å². The molecular weight excluding hydrogens is 699 g/mol. The highest BCUT2D eigenvalue weighted by molar-refractivity contribution is 5.76. The number of aliphatic hydroxyl groups excluding tert-OH is 2. The van der Waals surface area contributed by atoms with Gasteiger partial charge in [0.25, 0.3) is 5.56 Å². The van der Waals surface area contributed by atoms with Crippen LogP contribution in [0.3, 0.4) is 0 Å². The van der Waals surface area contributed by atoms with Gasteiger partial charge >= 0.3 is 11.7 Å². The van der Waals surface area contributed by atoms with E-state index < -0.39 is 41.1 Å². The Morgan fingerprint density at radius 3 is 2.45 bits per heavy atom. The summed E-state index contributed by atoms with van der Waals surface area (Å²) in [6.45, 7) is 20.0. The molecule has 1 aliphatic heterocycles. The monoisotopic (exact) mass is 761 g/mol. The second kappa shape index (κ2) is 13.0. The normalized spacial score (nSPS) is 44.6. The van der Waals surface area contributed by atoms with E-state index in [0.717, 1.165) is 69.1 Å². The molecule has 5 saturated carbocycles. The standard InChI is InChI=1S/C43H63N5O7/c1-23(2)27-11-14-43(37(52)53)16-15-41(7)28(34(27)43)9-10-32-40(6)19-25(35(50)39(4,5)31(40)12-13-42(32,41)8)17-26-21-48(46-45-26)29-18-33(55-30(29)22-49)47-20-24(3)36(51)44-38(47)54/h20-21,25,27-35,49-50H,1,9-19,22H2,2-8H3,(H,52,53)(H,44,51,54)/t25-,27+,28-,29+,30-,31+,32-,33-,34-,35+,40+,41-,42-,43+/m1/s1. The van der Waals surface area contributed by atoms with E-state index in [9.17, 15) is 29.7 Å². The van der Waals surface area contributed by atoms with E-state index in [-0.39, 0.29) is 52.1 Å². The number of carboxylic acids is 1. The van der Waals surface area contributed by atoms with Gasteiger partial charge in [0.1, 0.15) is 12.3 Å². The van der Waals surface area contributed by atoms with E-state index in [1.165, 1.54) is 10.8 Å². The topological polar surface area (TPSA) is 173 Å². The van der Waals surface area contributed by atoms with Gasteiger partial charge in [0.2, 0.25) is 0 Å². The molecule has 0 spiro atoms. The Morgan fingerprint density at radius 2 is 1.76 bits per heavy atom. The molecule has 1 saturated heterocycles. The van der Waals surface area contributed by atoms with E-state index in [1.54, 1.807) is 11.6 Å². The van der Waals surface area contributed by atoms with Gasteiger partial charge in [0, 0.05) is 24.4 Å². The van der Waals surface area contributed by atoms with Crippen LogP contribution < -0.4 is 11.2 Å². The fourth-order valence-electron chi connectivity index (χ4n) is 15.0. The molecule has 12 heteroatoms. The molecule has 5 aliphatic carbocycles. The molecule has 6 aliphatic rings. The number of carboxylic acid groups (broad SMARTS) is 1. The van der Waals surface area contributed by atoms with Crippen molar-refractivity contribution in [3.05, 3.63) is 56.6 Å². The lowest BCUT2D eigenvalue weighted by Gasteiger charge is -2.73. The summed E-state index contributed by atoms with van der Waals surface area (Å²) in [5.41, 5.74) is 0.403. The highest BCUT2D eigenvalue weighted by Crippen LogP contribution is 2.78. The van der Waals surface area contributed by atoms with E-state index in [1.807, 2.05) is 6.20 Å². The number of carbonyl (C=O) groups is 1. The fourth-order valence-corrected chi connectivity index (χ4v) is 15.0. The Kier molecular flexibility index (Phi) is 9.14. The van der Waals surface area contributed by atoms with E-state index in [2.05, 4.69) is 63.4 Å². The molecule has 302 valence electrons. The van der Waals surface area contributed by atoms with Crippen LogP contribution in [0, 0.1) is 69.5 Å². The predicted molar refractivity (Wildman–Crippen MR) is 206 cm³/mol. The molecule has 8 rings (SSSR count). The van der Waals surface area contributed by atoms with Crippen LogP contribution >= 0.6 is 0 Å². The number of aliphatic hydroxyl groups is 2. The molecule has 2 aromatic heterocycles. The zero-order chi connectivity index (χ0) is 39.6. The molecule has 0 radical (unpaired) electrons. The van der Waals surface area contributed by atoms with Gasteiger partial charge in [0.15, 0.2) is 0 Å². The van der Waals surface area contributed by atoms with Crippen molar-refractivity contribution in [1.82, 2.24) is 24.5 Å². The van der Waals surface area contributed by atoms with Gasteiger partial charge in [-0.25, -0.2) is 9.48 Å². The lowest BCUT2D eigenvalue weighted by atomic mass is 9.31. The van der Waals surface area contributed by atoms with Crippen molar-refractivity contribution in [2.24, 2.45) is 62.6 Å². The zero-order valence-corrected chi connectivity index (χ0v) is 33.9. The third-order valence-corrected chi connectivity index (χ3v) is 17.8. The quantitative estimate of drug-likeness (QED) is 0.254. The van der Waals surface area contributed by atoms with Crippen molar-refractivity contribution in [3.8, 4) is 0 Å². The number of ether oxygens (including phenoxy) is 1. The first-order chi connectivity index (χ1) is 25.8. The molecule has 4 N–H and O–H groups in total. The van der Waals surface area contributed by atoms with Crippen molar-refractivity contribution >= 4 is 5.97 Å². The maximum atomic E-state index is 13.1. The van der Waals surface area contributed by atoms with Gasteiger partial charge in [-0.05, 0) is 135 Å². The number of rotatable bonds is 7. The minimum Gasteiger partial charge on any atom is -0.481 e. The average Bonchev–Trinajstić information content (AvgIpc) is 3.86. The largest absolute Gasteiger partial charge is 0.481 e. The lowest BCUT2D eigenvalue weighted by Crippen LogP contribution is -2.68. The summed E-state index contributed by atoms with van der Waals surface area (Å²) in [5.74, 6) is 0.924. The molecule has 12 nitrogen and oxygen atoms in total. The van der Waals surface area contributed by atoms with E-state index >= 15 is 0 Å². The van der Waals surface area contributed by atoms with E-state index in [0.29, 0.717) is 36.2 Å². The van der Waals surface area contributed by atoms with Gasteiger partial charge in [0.05, 0.1) is 29.9 Å². The molecule has 0 unspecified atom stereocenters. The van der Waals surface area contributed by atoms with Gasteiger partial charge in [-0.15, -0.1) is 5.10 Å². The lowest BCUT2D eigenvalue weighted by molar-refractivity contribution is -0.256. The fraction of sp³-hybridized carbons (Fsp3) is 0.791. The summed E-state index contributed by atoms with van der Waals surface area (Å²) in [6.07, 6.45) is 11.1. The number of allylic oxidation sites excluding steroid dienone is 1. The second-order valence-corrected chi connectivity index (χ2v) is 20.4. The van der Waals surface area contributed by atoms with Gasteiger partial charge in [-0.3, -0.25) is 19.1 Å². The highest BCUT2D eigenvalue weighted by Gasteiger charge is 2.72. The Hall–Kier alpha value is -3.09. The SMILES string of the molecule is C=C(C)[C@@H]1CC[C@]2(C(=O)O)CC[C@]3(C)[C@H](CC[C@@H]4[C@@]5(C)C[C@@H](Cc6cn([C@H]7C[C@H](n8cc(C)c(=O)[nH]c8=O)O[C@@H]7CO)nn6)[C@H](O)C(C)(C)[C@@H]5CC[C@]43C)[C@@H]12. The van der Waals surface area contributed by atoms with Gasteiger partial charge in [-0.2, -0.15) is 0 Å². The number of aromatic amines is 1. The minimum atomic E-state index is -0.682. The smallest absolute Gasteiger partial charge is 0.330 e. The van der Waals surface area contributed by atoms with Gasteiger partial charge in [-0.1, -0.05) is 52.0 Å². The van der Waals surface area contributed by atoms with Crippen LogP contribution in [-0.4, -0.2) is 64.6 Å². The molecule has 0 amide bonds. The number of nitrogens with zero attached hydrogens (tertiary/aromatic N) is 4. The minimum absolute atomic E-state index is 0.0211. The molecule has 3 heterocycles. The number of nitrogens with one attached hydrogen (secondary N) is 1. The summed E-state index contributed by atoms with van der Waals surface area (Å²) >= 11 is 0. The first kappa shape index (κ1) is 38.8. The maximum Gasteiger partial charge on any atom is 0.330 e. The predicted octanol–water partition coefficient (Wildman–Crippen LogP) is 5.83. The highest BCUT2D eigenvalue weighted by atomic mass is 16.5. The van der Waals surface area contributed by atoms with E-state index in [4.69, 9.17) is 4.74 Å². The van der Waals surface area contributed by atoms with Gasteiger partial charge < -0.3 is 20.1 Å². The van der Waals surface area contributed by atoms with Crippen LogP contribution in [0.1, 0.15) is 129 Å². The first-order valence-corrected chi connectivity index (χ1v) is 20.9. The molecule has 0 aromatic carbocycles. The Bertz CT molecular complexity index is 1990. The molecule has 0 bridgehead atoms. The third-order valence-electron chi connectivity index (χ3n) is 17.8. The van der Waals surface area contributed by atoms with Crippen LogP contribution in [0.4, 0.5) is 0 Å². The summed E-state index contributed by atoms with van der Waals surface area (Å²) in [7, 11) is 0. The summed E-state index contributed by atoms with van der Waals surface area (Å²) in [4.78, 5) is 40.1. The number of hydrogen-bond acceptors (Lipinski definition) is 8.